The zero-order chi connectivity index (χ0) is 23.2. The van der Waals surface area contributed by atoms with Gasteiger partial charge in [-0.15, -0.1) is 0 Å². The number of hydrogen-bond acceptors (Lipinski definition) is 4. The Hall–Kier alpha value is -3.22. The van der Waals surface area contributed by atoms with E-state index in [1.165, 1.54) is 0 Å². The van der Waals surface area contributed by atoms with Gasteiger partial charge in [0.15, 0.2) is 0 Å². The zero-order valence-corrected chi connectivity index (χ0v) is 18.8. The fraction of sp³-hybridized carbons (Fsp3) is 0.360. The molecule has 0 saturated heterocycles. The van der Waals surface area contributed by atoms with Crippen molar-refractivity contribution in [3.63, 3.8) is 0 Å². The van der Waals surface area contributed by atoms with Gasteiger partial charge < -0.3 is 20.5 Å². The number of rotatable bonds is 5. The topological polar surface area (TPSA) is 59.4 Å². The van der Waals surface area contributed by atoms with Crippen molar-refractivity contribution in [2.75, 3.05) is 30.4 Å². The molecule has 2 aliphatic rings. The molecule has 5 nitrogen and oxygen atoms in total. The second-order valence-electron chi connectivity index (χ2n) is 8.85. The highest BCUT2D eigenvalue weighted by Crippen LogP contribution is 2.45. The fourth-order valence-corrected chi connectivity index (χ4v) is 4.84. The minimum Gasteiger partial charge on any atom is -0.393 e. The van der Waals surface area contributed by atoms with Crippen molar-refractivity contribution >= 4 is 34.8 Å². The van der Waals surface area contributed by atoms with Crippen LogP contribution in [0.5, 0.6) is 0 Å². The Labute approximate surface area is 187 Å². The number of hydrogen-bond donors (Lipinski definition) is 2. The Morgan fingerprint density at radius 3 is 2.62 bits per heavy atom. The van der Waals surface area contributed by atoms with E-state index >= 15 is 0 Å². The van der Waals surface area contributed by atoms with Crippen LogP contribution in [0.1, 0.15) is 48.9 Å². The van der Waals surface area contributed by atoms with Gasteiger partial charge in [-0.25, -0.2) is 8.78 Å². The van der Waals surface area contributed by atoms with Crippen molar-refractivity contribution in [1.29, 1.82) is 5.41 Å². The number of nitrogens with one attached hydrogen (secondary N) is 2. The molecule has 0 aliphatic carbocycles. The van der Waals surface area contributed by atoms with Crippen LogP contribution in [0.15, 0.2) is 36.5 Å². The summed E-state index contributed by atoms with van der Waals surface area (Å²) in [5.74, 6) is 0.0452. The summed E-state index contributed by atoms with van der Waals surface area (Å²) in [6.07, 6.45) is 1.66. The number of aryl methyl sites for hydroxylation is 1. The van der Waals surface area contributed by atoms with Crippen LogP contribution in [0.2, 0.25) is 0 Å². The maximum atomic E-state index is 14.0. The van der Waals surface area contributed by atoms with Gasteiger partial charge in [0, 0.05) is 61.3 Å². The van der Waals surface area contributed by atoms with Crippen LogP contribution in [0.4, 0.5) is 25.8 Å². The van der Waals surface area contributed by atoms with E-state index in [2.05, 4.69) is 10.2 Å². The lowest BCUT2D eigenvalue weighted by molar-refractivity contribution is -0.121. The minimum atomic E-state index is -2.66. The third-order valence-corrected chi connectivity index (χ3v) is 6.54. The molecular formula is C25H28F2N4O. The molecule has 0 bridgehead atoms. The van der Waals surface area contributed by atoms with Gasteiger partial charge in [0.1, 0.15) is 0 Å². The monoisotopic (exact) mass is 438 g/mol. The lowest BCUT2D eigenvalue weighted by Crippen LogP contribution is -2.33. The van der Waals surface area contributed by atoms with E-state index in [0.29, 0.717) is 17.7 Å². The molecule has 32 heavy (non-hydrogen) atoms. The Kier molecular flexibility index (Phi) is 5.53. The average molecular weight is 439 g/mol. The predicted molar refractivity (Wildman–Crippen MR) is 125 cm³/mol. The molecule has 0 aromatic heterocycles. The number of halogens is 2. The first-order valence-corrected chi connectivity index (χ1v) is 10.7. The van der Waals surface area contributed by atoms with Crippen molar-refractivity contribution in [1.82, 2.24) is 5.32 Å². The first-order valence-electron chi connectivity index (χ1n) is 10.7. The molecule has 168 valence electrons. The van der Waals surface area contributed by atoms with Crippen LogP contribution in [0, 0.1) is 5.41 Å². The Morgan fingerprint density at radius 1 is 1.22 bits per heavy atom. The van der Waals surface area contributed by atoms with Gasteiger partial charge >= 0.3 is 0 Å². The smallest absolute Gasteiger partial charge is 0.264 e. The number of fused-ring (bicyclic) bond motifs is 2. The molecular weight excluding hydrogens is 410 g/mol. The summed E-state index contributed by atoms with van der Waals surface area (Å²) in [5, 5.41) is 10.5. The Bertz CT molecular complexity index is 1120. The number of carbonyl (C=O) groups is 1. The van der Waals surface area contributed by atoms with Crippen LogP contribution in [0.25, 0.3) is 5.57 Å². The van der Waals surface area contributed by atoms with E-state index in [1.54, 1.807) is 37.3 Å². The van der Waals surface area contributed by atoms with Crippen molar-refractivity contribution < 1.29 is 13.6 Å². The summed E-state index contributed by atoms with van der Waals surface area (Å²) in [6.45, 7) is 4.55. The molecule has 2 N–H and O–H groups in total. The lowest BCUT2D eigenvalue weighted by Gasteiger charge is -2.33. The molecule has 0 saturated carbocycles. The summed E-state index contributed by atoms with van der Waals surface area (Å²) < 4.78 is 28.1. The molecule has 2 aliphatic heterocycles. The minimum absolute atomic E-state index is 0.0452. The molecule has 4 rings (SSSR count). The average Bonchev–Trinajstić information content (AvgIpc) is 2.95. The molecule has 0 radical (unpaired) electrons. The summed E-state index contributed by atoms with van der Waals surface area (Å²) in [6, 6.07) is 9.29. The zero-order valence-electron chi connectivity index (χ0n) is 18.8. The fourth-order valence-electron chi connectivity index (χ4n) is 4.84. The maximum Gasteiger partial charge on any atom is 0.264 e. The van der Waals surface area contributed by atoms with Crippen LogP contribution in [-0.4, -0.2) is 32.8 Å². The molecule has 7 heteroatoms. The van der Waals surface area contributed by atoms with Gasteiger partial charge in [0.2, 0.25) is 5.91 Å². The van der Waals surface area contributed by atoms with Gasteiger partial charge in [-0.3, -0.25) is 4.79 Å². The van der Waals surface area contributed by atoms with Crippen LogP contribution >= 0.6 is 0 Å². The maximum absolute atomic E-state index is 14.0. The van der Waals surface area contributed by atoms with Gasteiger partial charge in [-0.05, 0) is 67.6 Å². The lowest BCUT2D eigenvalue weighted by atomic mass is 9.86. The van der Waals surface area contributed by atoms with Gasteiger partial charge in [-0.1, -0.05) is 6.07 Å². The van der Waals surface area contributed by atoms with E-state index in [9.17, 15) is 13.6 Å². The number of anilines is 3. The van der Waals surface area contributed by atoms with Crippen LogP contribution in [0.3, 0.4) is 0 Å². The number of benzene rings is 2. The highest BCUT2D eigenvalue weighted by Gasteiger charge is 2.42. The van der Waals surface area contributed by atoms with E-state index in [-0.39, 0.29) is 11.5 Å². The van der Waals surface area contributed by atoms with Crippen LogP contribution in [-0.2, 0) is 16.6 Å². The van der Waals surface area contributed by atoms with Gasteiger partial charge in [-0.2, -0.15) is 0 Å². The first kappa shape index (κ1) is 22.0. The summed E-state index contributed by atoms with van der Waals surface area (Å²) in [5.41, 5.74) is 4.58. The summed E-state index contributed by atoms with van der Waals surface area (Å²) >= 11 is 0. The van der Waals surface area contributed by atoms with Crippen molar-refractivity contribution in [3.8, 4) is 0 Å². The number of amides is 1. The number of carbonyl (C=O) groups excluding carboxylic acids is 1. The number of alkyl halides is 2. The molecule has 0 spiro atoms. The second-order valence-corrected chi connectivity index (χ2v) is 8.85. The SMILES string of the molecule is CN/C=C(\C=N)c1cc2c(cc1C(F)F)N(c1ccc3c(c1)N(C)C(=O)C3(C)C)CCC2. The molecule has 1 amide bonds. The highest BCUT2D eigenvalue weighted by molar-refractivity contribution is 6.09. The van der Waals surface area contributed by atoms with Crippen molar-refractivity contribution in [2.45, 2.75) is 38.5 Å². The highest BCUT2D eigenvalue weighted by atomic mass is 19.3. The largest absolute Gasteiger partial charge is 0.393 e. The van der Waals surface area contributed by atoms with Crippen molar-refractivity contribution in [2.24, 2.45) is 0 Å². The Morgan fingerprint density at radius 2 is 1.97 bits per heavy atom. The Balaban J connectivity index is 1.83. The molecule has 2 heterocycles. The van der Waals surface area contributed by atoms with E-state index in [1.807, 2.05) is 32.0 Å². The standard InChI is InChI=1S/C25H28F2N4O/c1-25(2)20-8-7-17(11-22(20)30(4)24(25)32)31-9-5-6-15-10-18(16(13-28)14-29-3)19(23(26)27)12-21(15)31/h7-8,10-14,23,28-29H,5-6,9H2,1-4H3/b16-14+,28-13?. The first-order chi connectivity index (χ1) is 15.2. The van der Waals surface area contributed by atoms with Gasteiger partial charge in [0.25, 0.3) is 6.43 Å². The normalized spacial score (nSPS) is 17.5. The third-order valence-electron chi connectivity index (χ3n) is 6.54. The second kappa shape index (κ2) is 8.04. The van der Waals surface area contributed by atoms with E-state index in [4.69, 9.17) is 5.41 Å². The molecule has 0 unspecified atom stereocenters. The molecule has 0 fully saturated rings. The summed E-state index contributed by atoms with van der Waals surface area (Å²) in [4.78, 5) is 16.4. The van der Waals surface area contributed by atoms with E-state index in [0.717, 1.165) is 47.2 Å². The number of nitrogens with zero attached hydrogens (tertiary/aromatic N) is 2. The summed E-state index contributed by atoms with van der Waals surface area (Å²) in [7, 11) is 3.46. The number of allylic oxidation sites excluding steroid dienone is 1. The molecule has 2 aromatic carbocycles. The van der Waals surface area contributed by atoms with Crippen LogP contribution < -0.4 is 15.1 Å². The van der Waals surface area contributed by atoms with Gasteiger partial charge in [0.05, 0.1) is 5.41 Å². The quantitative estimate of drug-likeness (QED) is 0.633. The number of likely N-dealkylation sites (N-methyl/N-ethyl adjacent to an activating group) is 1. The third kappa shape index (κ3) is 3.36. The molecule has 0 atom stereocenters. The van der Waals surface area contributed by atoms with E-state index < -0.39 is 11.8 Å². The predicted octanol–water partition coefficient (Wildman–Crippen LogP) is 5.17. The van der Waals surface area contributed by atoms with Crippen molar-refractivity contribution in [3.05, 3.63) is 58.8 Å². The molecule has 2 aromatic rings.